The van der Waals surface area contributed by atoms with Crippen LogP contribution in [0, 0.1) is 0 Å². The van der Waals surface area contributed by atoms with Crippen LogP contribution in [0.1, 0.15) is 12.5 Å². The summed E-state index contributed by atoms with van der Waals surface area (Å²) in [6, 6.07) is 3.08. The van der Waals surface area contributed by atoms with Crippen molar-refractivity contribution in [2.45, 2.75) is 23.6 Å². The van der Waals surface area contributed by atoms with E-state index >= 15 is 0 Å². The van der Waals surface area contributed by atoms with Crippen LogP contribution in [-0.2, 0) is 16.6 Å². The summed E-state index contributed by atoms with van der Waals surface area (Å²) in [7, 11) is -1.82. The molecule has 1 saturated heterocycles. The van der Waals surface area contributed by atoms with Crippen LogP contribution >= 0.6 is 35.0 Å². The van der Waals surface area contributed by atoms with E-state index in [1.54, 1.807) is 24.9 Å². The average molecular weight is 369 g/mol. The maximum Gasteiger partial charge on any atom is 0.244 e. The molecule has 0 aliphatic carbocycles. The van der Waals surface area contributed by atoms with Crippen molar-refractivity contribution in [2.24, 2.45) is 0 Å². The van der Waals surface area contributed by atoms with Crippen molar-refractivity contribution in [2.75, 3.05) is 25.9 Å². The third kappa shape index (κ3) is 3.68. The Morgan fingerprint density at radius 3 is 2.76 bits per heavy atom. The molecule has 0 radical (unpaired) electrons. The Balaban J connectivity index is 2.42. The molecule has 118 valence electrons. The quantitative estimate of drug-likeness (QED) is 0.887. The van der Waals surface area contributed by atoms with Gasteiger partial charge >= 0.3 is 0 Å². The van der Waals surface area contributed by atoms with Crippen LogP contribution in [0.3, 0.4) is 0 Å². The zero-order valence-electron chi connectivity index (χ0n) is 11.9. The Morgan fingerprint density at radius 1 is 1.43 bits per heavy atom. The first kappa shape index (κ1) is 17.4. The van der Waals surface area contributed by atoms with E-state index in [0.717, 1.165) is 5.75 Å². The van der Waals surface area contributed by atoms with E-state index < -0.39 is 10.0 Å². The van der Waals surface area contributed by atoms with Crippen LogP contribution in [0.2, 0.25) is 10.0 Å². The predicted molar refractivity (Wildman–Crippen MR) is 89.9 cm³/mol. The normalized spacial score (nSPS) is 20.7. The first-order valence-corrected chi connectivity index (χ1v) is 9.85. The van der Waals surface area contributed by atoms with Crippen LogP contribution in [0.15, 0.2) is 17.0 Å². The third-order valence-corrected chi connectivity index (χ3v) is 7.27. The highest BCUT2D eigenvalue weighted by Crippen LogP contribution is 2.34. The first-order chi connectivity index (χ1) is 9.87. The van der Waals surface area contributed by atoms with E-state index in [1.165, 1.54) is 10.4 Å². The zero-order chi connectivity index (χ0) is 15.6. The van der Waals surface area contributed by atoms with Gasteiger partial charge in [0.15, 0.2) is 0 Å². The van der Waals surface area contributed by atoms with E-state index in [2.05, 4.69) is 5.32 Å². The van der Waals surface area contributed by atoms with E-state index in [4.69, 9.17) is 23.2 Å². The maximum atomic E-state index is 12.8. The second kappa shape index (κ2) is 7.06. The molecule has 1 aliphatic heterocycles. The number of benzene rings is 1. The Labute approximate surface area is 140 Å². The van der Waals surface area contributed by atoms with Crippen molar-refractivity contribution in [3.8, 4) is 0 Å². The fourth-order valence-corrected chi connectivity index (χ4v) is 5.90. The van der Waals surface area contributed by atoms with E-state index in [-0.39, 0.29) is 15.2 Å². The molecule has 2 rings (SSSR count). The van der Waals surface area contributed by atoms with Gasteiger partial charge in [-0.2, -0.15) is 16.1 Å². The van der Waals surface area contributed by atoms with Crippen LogP contribution in [0.5, 0.6) is 0 Å². The lowest BCUT2D eigenvalue weighted by atomic mass is 10.2. The lowest BCUT2D eigenvalue weighted by Crippen LogP contribution is -2.41. The Hall–Kier alpha value is 0.0200. The molecule has 1 unspecified atom stereocenters. The number of hydrogen-bond acceptors (Lipinski definition) is 4. The summed E-state index contributed by atoms with van der Waals surface area (Å²) in [6.45, 7) is 3.47. The van der Waals surface area contributed by atoms with Gasteiger partial charge in [0.05, 0.1) is 5.02 Å². The SMILES string of the molecule is CNCc1c(Cl)ccc(S(=O)(=O)N2CCSC(C)C2)c1Cl. The topological polar surface area (TPSA) is 49.4 Å². The molecule has 0 saturated carbocycles. The maximum absolute atomic E-state index is 12.8. The molecule has 0 aromatic heterocycles. The molecule has 1 aliphatic rings. The number of sulfonamides is 1. The second-order valence-electron chi connectivity index (χ2n) is 4.91. The van der Waals surface area contributed by atoms with Gasteiger partial charge in [0.2, 0.25) is 10.0 Å². The summed E-state index contributed by atoms with van der Waals surface area (Å²) in [5, 5.41) is 3.92. The zero-order valence-corrected chi connectivity index (χ0v) is 15.0. The van der Waals surface area contributed by atoms with Crippen molar-refractivity contribution < 1.29 is 8.42 Å². The molecule has 0 bridgehead atoms. The van der Waals surface area contributed by atoms with Gasteiger partial charge in [-0.15, -0.1) is 0 Å². The summed E-state index contributed by atoms with van der Waals surface area (Å²) in [6.07, 6.45) is 0. The van der Waals surface area contributed by atoms with E-state index in [1.807, 2.05) is 6.92 Å². The molecule has 21 heavy (non-hydrogen) atoms. The molecule has 1 N–H and O–H groups in total. The predicted octanol–water partition coefficient (Wildman–Crippen LogP) is 2.84. The van der Waals surface area contributed by atoms with Crippen LogP contribution in [0.4, 0.5) is 0 Å². The van der Waals surface area contributed by atoms with Gasteiger partial charge in [0.1, 0.15) is 4.90 Å². The van der Waals surface area contributed by atoms with Gasteiger partial charge in [-0.1, -0.05) is 30.1 Å². The van der Waals surface area contributed by atoms with Gasteiger partial charge in [-0.25, -0.2) is 8.42 Å². The number of thioether (sulfide) groups is 1. The van der Waals surface area contributed by atoms with Crippen molar-refractivity contribution in [3.63, 3.8) is 0 Å². The number of hydrogen-bond donors (Lipinski definition) is 1. The molecule has 1 aromatic carbocycles. The van der Waals surface area contributed by atoms with Crippen LogP contribution in [0.25, 0.3) is 0 Å². The minimum atomic E-state index is -3.58. The highest BCUT2D eigenvalue weighted by molar-refractivity contribution is 8.00. The minimum absolute atomic E-state index is 0.137. The third-order valence-electron chi connectivity index (χ3n) is 3.33. The second-order valence-corrected chi connectivity index (χ2v) is 9.15. The van der Waals surface area contributed by atoms with E-state index in [9.17, 15) is 8.42 Å². The average Bonchev–Trinajstić information content (AvgIpc) is 2.43. The van der Waals surface area contributed by atoms with Gasteiger partial charge < -0.3 is 5.32 Å². The van der Waals surface area contributed by atoms with Crippen molar-refractivity contribution in [1.82, 2.24) is 9.62 Å². The van der Waals surface area contributed by atoms with Crippen LogP contribution < -0.4 is 5.32 Å². The number of halogens is 2. The van der Waals surface area contributed by atoms with Crippen molar-refractivity contribution in [1.29, 1.82) is 0 Å². The minimum Gasteiger partial charge on any atom is -0.316 e. The molecule has 0 spiro atoms. The molecular formula is C13H18Cl2N2O2S2. The van der Waals surface area contributed by atoms with E-state index in [0.29, 0.717) is 30.2 Å². The lowest BCUT2D eigenvalue weighted by Gasteiger charge is -2.30. The molecule has 1 heterocycles. The summed E-state index contributed by atoms with van der Waals surface area (Å²) in [4.78, 5) is 0.137. The summed E-state index contributed by atoms with van der Waals surface area (Å²) >= 11 is 14.2. The summed E-state index contributed by atoms with van der Waals surface area (Å²) in [5.41, 5.74) is 0.612. The van der Waals surface area contributed by atoms with Crippen molar-refractivity contribution >= 4 is 45.0 Å². The first-order valence-electron chi connectivity index (χ1n) is 6.61. The highest BCUT2D eigenvalue weighted by atomic mass is 35.5. The Bertz CT molecular complexity index is 623. The Morgan fingerprint density at radius 2 is 2.14 bits per heavy atom. The monoisotopic (exact) mass is 368 g/mol. The van der Waals surface area contributed by atoms with Gasteiger partial charge in [0, 0.05) is 41.2 Å². The standard InChI is InChI=1S/C13H18Cl2N2O2S2/c1-9-8-17(5-6-20-9)21(18,19)12-4-3-11(14)10(7-16-2)13(12)15/h3-4,9,16H,5-8H2,1-2H3. The Kier molecular flexibility index (Phi) is 5.84. The molecule has 8 heteroatoms. The van der Waals surface area contributed by atoms with Gasteiger partial charge in [-0.05, 0) is 19.2 Å². The lowest BCUT2D eigenvalue weighted by molar-refractivity contribution is 0.424. The summed E-state index contributed by atoms with van der Waals surface area (Å²) in [5.74, 6) is 0.801. The molecule has 1 aromatic rings. The molecule has 1 atom stereocenters. The number of nitrogens with one attached hydrogen (secondary N) is 1. The largest absolute Gasteiger partial charge is 0.316 e. The fourth-order valence-electron chi connectivity index (χ4n) is 2.26. The van der Waals surface area contributed by atoms with Gasteiger partial charge in [-0.3, -0.25) is 0 Å². The fraction of sp³-hybridized carbons (Fsp3) is 0.538. The number of rotatable bonds is 4. The smallest absolute Gasteiger partial charge is 0.244 e. The molecule has 4 nitrogen and oxygen atoms in total. The molecule has 1 fully saturated rings. The van der Waals surface area contributed by atoms with Gasteiger partial charge in [0.25, 0.3) is 0 Å². The molecule has 0 amide bonds. The highest BCUT2D eigenvalue weighted by Gasteiger charge is 2.31. The van der Waals surface area contributed by atoms with Crippen LogP contribution in [-0.4, -0.2) is 43.9 Å². The van der Waals surface area contributed by atoms with Crippen molar-refractivity contribution in [3.05, 3.63) is 27.7 Å². The molecular weight excluding hydrogens is 351 g/mol. The number of nitrogens with zero attached hydrogens (tertiary/aromatic N) is 1. The summed E-state index contributed by atoms with van der Waals surface area (Å²) < 4.78 is 27.1.